The minimum atomic E-state index is -2.80. The molecule has 0 unspecified atom stereocenters. The molecular formula is C20H21O3P. The standard InChI is InChI=1S/C20H21O3P/c1-23-20(21)15-16-12-13-19(14-16)24(22,17-8-4-2-5-9-17)18-10-6-3-7-11-18/h2-13,16,19H,14-15H2,1H3/t16-,19-/m1/s1. The van der Waals surface area contributed by atoms with E-state index in [1.165, 1.54) is 7.11 Å². The van der Waals surface area contributed by atoms with E-state index in [1.807, 2.05) is 72.8 Å². The summed E-state index contributed by atoms with van der Waals surface area (Å²) < 4.78 is 18.9. The van der Waals surface area contributed by atoms with Crippen molar-refractivity contribution in [1.82, 2.24) is 0 Å². The predicted molar refractivity (Wildman–Crippen MR) is 97.4 cm³/mol. The fourth-order valence-electron chi connectivity index (χ4n) is 3.30. The number of allylic oxidation sites excluding steroid dienone is 2. The molecule has 2 atom stereocenters. The summed E-state index contributed by atoms with van der Waals surface area (Å²) in [6.07, 6.45) is 5.08. The normalized spacial score (nSPS) is 20.0. The molecule has 4 heteroatoms. The molecule has 0 radical (unpaired) electrons. The first-order chi connectivity index (χ1) is 11.6. The van der Waals surface area contributed by atoms with Gasteiger partial charge in [-0.1, -0.05) is 72.8 Å². The van der Waals surface area contributed by atoms with Gasteiger partial charge in [-0.2, -0.15) is 0 Å². The molecule has 0 saturated heterocycles. The zero-order valence-electron chi connectivity index (χ0n) is 13.7. The number of carbonyl (C=O) groups excluding carboxylic acids is 1. The Morgan fingerprint density at radius 2 is 1.54 bits per heavy atom. The molecule has 3 rings (SSSR count). The van der Waals surface area contributed by atoms with Crippen LogP contribution in [0.5, 0.6) is 0 Å². The van der Waals surface area contributed by atoms with E-state index >= 15 is 0 Å². The van der Waals surface area contributed by atoms with Crippen LogP contribution in [-0.4, -0.2) is 18.7 Å². The lowest BCUT2D eigenvalue weighted by Crippen LogP contribution is -2.24. The Bertz CT molecular complexity index is 724. The minimum absolute atomic E-state index is 0.0862. The van der Waals surface area contributed by atoms with Gasteiger partial charge in [0.05, 0.1) is 13.5 Å². The van der Waals surface area contributed by atoms with Gasteiger partial charge in [0, 0.05) is 16.3 Å². The van der Waals surface area contributed by atoms with Crippen LogP contribution in [0.3, 0.4) is 0 Å². The Morgan fingerprint density at radius 3 is 2.04 bits per heavy atom. The molecule has 0 aromatic heterocycles. The molecule has 0 bridgehead atoms. The van der Waals surface area contributed by atoms with E-state index in [4.69, 9.17) is 4.74 Å². The summed E-state index contributed by atoms with van der Waals surface area (Å²) in [6.45, 7) is 0. The van der Waals surface area contributed by atoms with Crippen LogP contribution in [0.1, 0.15) is 12.8 Å². The molecule has 0 N–H and O–H groups in total. The highest BCUT2D eigenvalue weighted by atomic mass is 31.2. The van der Waals surface area contributed by atoms with Crippen LogP contribution < -0.4 is 10.6 Å². The first-order valence-electron chi connectivity index (χ1n) is 8.10. The molecule has 1 aliphatic carbocycles. The van der Waals surface area contributed by atoms with Crippen LogP contribution in [0, 0.1) is 5.92 Å². The summed E-state index contributed by atoms with van der Waals surface area (Å²) >= 11 is 0. The fourth-order valence-corrected chi connectivity index (χ4v) is 6.51. The van der Waals surface area contributed by atoms with Gasteiger partial charge in [-0.3, -0.25) is 4.79 Å². The van der Waals surface area contributed by atoms with Crippen molar-refractivity contribution in [3.05, 3.63) is 72.8 Å². The number of rotatable bonds is 5. The van der Waals surface area contributed by atoms with E-state index in [-0.39, 0.29) is 17.5 Å². The van der Waals surface area contributed by atoms with Gasteiger partial charge in [0.2, 0.25) is 0 Å². The van der Waals surface area contributed by atoms with Crippen LogP contribution in [0.25, 0.3) is 0 Å². The molecule has 2 aromatic rings. The van der Waals surface area contributed by atoms with Gasteiger partial charge in [-0.25, -0.2) is 0 Å². The number of hydrogen-bond donors (Lipinski definition) is 0. The van der Waals surface area contributed by atoms with E-state index < -0.39 is 7.14 Å². The van der Waals surface area contributed by atoms with Crippen molar-refractivity contribution >= 4 is 23.7 Å². The van der Waals surface area contributed by atoms with Gasteiger partial charge in [0.1, 0.15) is 7.14 Å². The van der Waals surface area contributed by atoms with E-state index in [0.29, 0.717) is 12.8 Å². The van der Waals surface area contributed by atoms with Gasteiger partial charge in [0.15, 0.2) is 0 Å². The van der Waals surface area contributed by atoms with Crippen LogP contribution >= 0.6 is 7.14 Å². The topological polar surface area (TPSA) is 43.4 Å². The number of ether oxygens (including phenoxy) is 1. The van der Waals surface area contributed by atoms with Gasteiger partial charge in [0.25, 0.3) is 0 Å². The maximum atomic E-state index is 14.2. The molecule has 0 aliphatic heterocycles. The highest BCUT2D eigenvalue weighted by molar-refractivity contribution is 7.79. The van der Waals surface area contributed by atoms with Crippen molar-refractivity contribution in [2.24, 2.45) is 5.92 Å². The summed E-state index contributed by atoms with van der Waals surface area (Å²) in [6, 6.07) is 19.3. The van der Waals surface area contributed by atoms with Crippen molar-refractivity contribution in [1.29, 1.82) is 0 Å². The number of esters is 1. The van der Waals surface area contributed by atoms with Crippen LogP contribution in [0.2, 0.25) is 0 Å². The first kappa shape index (κ1) is 16.7. The molecule has 3 nitrogen and oxygen atoms in total. The largest absolute Gasteiger partial charge is 0.469 e. The molecule has 1 aliphatic rings. The smallest absolute Gasteiger partial charge is 0.306 e. The maximum absolute atomic E-state index is 14.2. The lowest BCUT2D eigenvalue weighted by Gasteiger charge is -2.25. The van der Waals surface area contributed by atoms with E-state index in [2.05, 4.69) is 0 Å². The number of carbonyl (C=O) groups is 1. The highest BCUT2D eigenvalue weighted by Crippen LogP contribution is 2.53. The second-order valence-electron chi connectivity index (χ2n) is 6.06. The average Bonchev–Trinajstić information content (AvgIpc) is 3.11. The summed E-state index contributed by atoms with van der Waals surface area (Å²) in [5.74, 6) is -0.136. The van der Waals surface area contributed by atoms with Crippen LogP contribution in [0.4, 0.5) is 0 Å². The molecule has 24 heavy (non-hydrogen) atoms. The number of methoxy groups -OCH3 is 1. The quantitative estimate of drug-likeness (QED) is 0.475. The molecule has 124 valence electrons. The predicted octanol–water partition coefficient (Wildman–Crippen LogP) is 3.51. The van der Waals surface area contributed by atoms with Gasteiger partial charge in [-0.15, -0.1) is 0 Å². The lowest BCUT2D eigenvalue weighted by molar-refractivity contribution is -0.141. The summed E-state index contributed by atoms with van der Waals surface area (Å²) in [7, 11) is -1.40. The zero-order chi connectivity index (χ0) is 17.0. The zero-order valence-corrected chi connectivity index (χ0v) is 14.6. The van der Waals surface area contributed by atoms with Crippen molar-refractivity contribution in [3.8, 4) is 0 Å². The first-order valence-corrected chi connectivity index (χ1v) is 9.88. The Morgan fingerprint density at radius 1 is 1.00 bits per heavy atom. The Balaban J connectivity index is 1.95. The van der Waals surface area contributed by atoms with Gasteiger partial charge in [-0.05, 0) is 12.3 Å². The average molecular weight is 340 g/mol. The molecular weight excluding hydrogens is 319 g/mol. The highest BCUT2D eigenvalue weighted by Gasteiger charge is 2.38. The number of hydrogen-bond acceptors (Lipinski definition) is 3. The Labute approximate surface area is 142 Å². The number of benzene rings is 2. The Hall–Kier alpha value is -2.12. The third-order valence-corrected chi connectivity index (χ3v) is 8.00. The van der Waals surface area contributed by atoms with E-state index in [0.717, 1.165) is 10.6 Å². The molecule has 0 heterocycles. The molecule has 0 amide bonds. The SMILES string of the molecule is COC(=O)C[C@@H]1C=C[C@@H](P(=O)(c2ccccc2)c2ccccc2)C1. The second-order valence-corrected chi connectivity index (χ2v) is 9.07. The Kier molecular flexibility index (Phi) is 5.01. The van der Waals surface area contributed by atoms with Crippen molar-refractivity contribution < 1.29 is 14.1 Å². The van der Waals surface area contributed by atoms with Crippen LogP contribution in [-0.2, 0) is 14.1 Å². The summed E-state index contributed by atoms with van der Waals surface area (Å²) in [5, 5.41) is 1.73. The second kappa shape index (κ2) is 7.19. The van der Waals surface area contributed by atoms with E-state index in [9.17, 15) is 9.36 Å². The van der Waals surface area contributed by atoms with E-state index in [1.54, 1.807) is 0 Å². The molecule has 2 aromatic carbocycles. The lowest BCUT2D eigenvalue weighted by atomic mass is 10.1. The maximum Gasteiger partial charge on any atom is 0.306 e. The van der Waals surface area contributed by atoms with Gasteiger partial charge < -0.3 is 9.30 Å². The van der Waals surface area contributed by atoms with Crippen molar-refractivity contribution in [3.63, 3.8) is 0 Å². The monoisotopic (exact) mass is 340 g/mol. The van der Waals surface area contributed by atoms with Gasteiger partial charge >= 0.3 is 5.97 Å². The fraction of sp³-hybridized carbons (Fsp3) is 0.250. The van der Waals surface area contributed by atoms with Crippen molar-refractivity contribution in [2.45, 2.75) is 18.5 Å². The molecule has 0 fully saturated rings. The summed E-state index contributed by atoms with van der Waals surface area (Å²) in [4.78, 5) is 11.5. The van der Waals surface area contributed by atoms with Crippen LogP contribution in [0.15, 0.2) is 72.8 Å². The van der Waals surface area contributed by atoms with Crippen molar-refractivity contribution in [2.75, 3.05) is 7.11 Å². The molecule has 0 saturated carbocycles. The minimum Gasteiger partial charge on any atom is -0.469 e. The summed E-state index contributed by atoms with van der Waals surface area (Å²) in [5.41, 5.74) is -0.0862. The third-order valence-electron chi connectivity index (χ3n) is 4.55. The third kappa shape index (κ3) is 3.22. The molecule has 0 spiro atoms.